The highest BCUT2D eigenvalue weighted by atomic mass is 32.2. The van der Waals surface area contributed by atoms with E-state index in [1.54, 1.807) is 29.8 Å². The standard InChI is InChI=1S/C16H12F3N3S/c1-22-15(11-6-2-3-7-12(11)17)20-21-16(22)23-9-10-5-4-8-13(18)14(10)19/h2-8H,9H2,1H3. The van der Waals surface area contributed by atoms with E-state index in [1.165, 1.54) is 30.0 Å². The fourth-order valence-electron chi connectivity index (χ4n) is 2.12. The van der Waals surface area contributed by atoms with E-state index in [1.807, 2.05) is 0 Å². The van der Waals surface area contributed by atoms with Crippen LogP contribution in [0.25, 0.3) is 11.4 Å². The summed E-state index contributed by atoms with van der Waals surface area (Å²) in [6.07, 6.45) is 0. The minimum absolute atomic E-state index is 0.201. The lowest BCUT2D eigenvalue weighted by atomic mass is 10.2. The monoisotopic (exact) mass is 335 g/mol. The molecule has 1 aromatic heterocycles. The number of thioether (sulfide) groups is 1. The van der Waals surface area contributed by atoms with Crippen LogP contribution in [-0.4, -0.2) is 14.8 Å². The maximum atomic E-state index is 13.8. The molecule has 0 saturated carbocycles. The second-order valence-corrected chi connectivity index (χ2v) is 5.79. The number of hydrogen-bond donors (Lipinski definition) is 0. The Kier molecular flexibility index (Phi) is 4.38. The first-order chi connectivity index (χ1) is 11.1. The first-order valence-corrected chi connectivity index (χ1v) is 7.76. The van der Waals surface area contributed by atoms with Crippen LogP contribution in [0.2, 0.25) is 0 Å². The lowest BCUT2D eigenvalue weighted by Crippen LogP contribution is -1.97. The summed E-state index contributed by atoms with van der Waals surface area (Å²) in [6, 6.07) is 10.3. The van der Waals surface area contributed by atoms with Crippen LogP contribution in [0.5, 0.6) is 0 Å². The number of benzene rings is 2. The van der Waals surface area contributed by atoms with Crippen molar-refractivity contribution in [3.05, 3.63) is 65.5 Å². The zero-order chi connectivity index (χ0) is 16.4. The lowest BCUT2D eigenvalue weighted by molar-refractivity contribution is 0.502. The van der Waals surface area contributed by atoms with Crippen LogP contribution in [0.15, 0.2) is 47.6 Å². The van der Waals surface area contributed by atoms with E-state index in [0.717, 1.165) is 6.07 Å². The van der Waals surface area contributed by atoms with Gasteiger partial charge in [-0.2, -0.15) is 0 Å². The van der Waals surface area contributed by atoms with Crippen LogP contribution in [0.3, 0.4) is 0 Å². The van der Waals surface area contributed by atoms with Crippen molar-refractivity contribution in [3.8, 4) is 11.4 Å². The molecule has 7 heteroatoms. The molecule has 0 unspecified atom stereocenters. The highest BCUT2D eigenvalue weighted by Crippen LogP contribution is 2.27. The number of aromatic nitrogens is 3. The van der Waals surface area contributed by atoms with Crippen molar-refractivity contribution >= 4 is 11.8 Å². The Hall–Kier alpha value is -2.28. The molecule has 0 amide bonds. The molecule has 0 fully saturated rings. The van der Waals surface area contributed by atoms with Crippen molar-refractivity contribution in [2.45, 2.75) is 10.9 Å². The van der Waals surface area contributed by atoms with Gasteiger partial charge in [0.05, 0.1) is 5.56 Å². The van der Waals surface area contributed by atoms with Crippen molar-refractivity contribution < 1.29 is 13.2 Å². The van der Waals surface area contributed by atoms with Gasteiger partial charge in [-0.3, -0.25) is 0 Å². The third-order valence-electron chi connectivity index (χ3n) is 3.34. The number of nitrogens with zero attached hydrogens (tertiary/aromatic N) is 3. The summed E-state index contributed by atoms with van der Waals surface area (Å²) in [5.74, 6) is -1.56. The predicted octanol–water partition coefficient (Wildman–Crippen LogP) is 4.19. The van der Waals surface area contributed by atoms with Crippen LogP contribution < -0.4 is 0 Å². The predicted molar refractivity (Wildman–Crippen MR) is 82.3 cm³/mol. The lowest BCUT2D eigenvalue weighted by Gasteiger charge is -2.05. The molecule has 0 aliphatic heterocycles. The molecule has 1 heterocycles. The summed E-state index contributed by atoms with van der Waals surface area (Å²) in [5, 5.41) is 8.47. The van der Waals surface area contributed by atoms with Crippen molar-refractivity contribution in [1.82, 2.24) is 14.8 Å². The van der Waals surface area contributed by atoms with E-state index in [4.69, 9.17) is 0 Å². The normalized spacial score (nSPS) is 11.0. The fourth-order valence-corrected chi connectivity index (χ4v) is 3.01. The molecule has 2 aromatic carbocycles. The Bertz CT molecular complexity index is 848. The molecule has 0 atom stereocenters. The van der Waals surface area contributed by atoms with Gasteiger partial charge in [-0.1, -0.05) is 36.0 Å². The van der Waals surface area contributed by atoms with E-state index in [9.17, 15) is 13.2 Å². The summed E-state index contributed by atoms with van der Waals surface area (Å²) < 4.78 is 42.3. The molecule has 0 saturated heterocycles. The van der Waals surface area contributed by atoms with E-state index in [2.05, 4.69) is 10.2 Å². The average Bonchev–Trinajstić information content (AvgIpc) is 2.90. The summed E-state index contributed by atoms with van der Waals surface area (Å²) in [5.41, 5.74) is 0.580. The van der Waals surface area contributed by atoms with Gasteiger partial charge in [-0.05, 0) is 18.2 Å². The van der Waals surface area contributed by atoms with Crippen LogP contribution in [0.1, 0.15) is 5.56 Å². The zero-order valence-corrected chi connectivity index (χ0v) is 12.9. The highest BCUT2D eigenvalue weighted by molar-refractivity contribution is 7.98. The molecule has 0 radical (unpaired) electrons. The topological polar surface area (TPSA) is 30.7 Å². The van der Waals surface area contributed by atoms with Crippen LogP contribution >= 0.6 is 11.8 Å². The molecule has 0 N–H and O–H groups in total. The van der Waals surface area contributed by atoms with Gasteiger partial charge in [0.2, 0.25) is 0 Å². The summed E-state index contributed by atoms with van der Waals surface area (Å²) in [7, 11) is 1.70. The van der Waals surface area contributed by atoms with Crippen LogP contribution in [0, 0.1) is 17.5 Å². The van der Waals surface area contributed by atoms with Gasteiger partial charge in [0.25, 0.3) is 0 Å². The van der Waals surface area contributed by atoms with Crippen molar-refractivity contribution in [2.24, 2.45) is 7.05 Å². The van der Waals surface area contributed by atoms with E-state index in [-0.39, 0.29) is 11.3 Å². The van der Waals surface area contributed by atoms with Crippen LogP contribution in [0.4, 0.5) is 13.2 Å². The highest BCUT2D eigenvalue weighted by Gasteiger charge is 2.15. The number of halogens is 3. The Morgan fingerprint density at radius 2 is 1.70 bits per heavy atom. The third-order valence-corrected chi connectivity index (χ3v) is 4.41. The van der Waals surface area contributed by atoms with Crippen molar-refractivity contribution in [1.29, 1.82) is 0 Å². The van der Waals surface area contributed by atoms with Gasteiger partial charge >= 0.3 is 0 Å². The van der Waals surface area contributed by atoms with Gasteiger partial charge in [0.1, 0.15) is 5.82 Å². The molecule has 3 rings (SSSR count). The second kappa shape index (κ2) is 6.45. The Morgan fingerprint density at radius 3 is 2.48 bits per heavy atom. The largest absolute Gasteiger partial charge is 0.305 e. The first kappa shape index (κ1) is 15.6. The average molecular weight is 335 g/mol. The smallest absolute Gasteiger partial charge is 0.191 e. The Morgan fingerprint density at radius 1 is 0.957 bits per heavy atom. The van der Waals surface area contributed by atoms with Gasteiger partial charge in [-0.15, -0.1) is 10.2 Å². The molecule has 0 aliphatic rings. The quantitative estimate of drug-likeness (QED) is 0.670. The number of hydrogen-bond acceptors (Lipinski definition) is 3. The van der Waals surface area contributed by atoms with Gasteiger partial charge < -0.3 is 4.57 Å². The molecule has 118 valence electrons. The van der Waals surface area contributed by atoms with E-state index in [0.29, 0.717) is 16.5 Å². The zero-order valence-electron chi connectivity index (χ0n) is 12.1. The molecular formula is C16H12F3N3S. The van der Waals surface area contributed by atoms with Gasteiger partial charge in [-0.25, -0.2) is 13.2 Å². The molecule has 3 aromatic rings. The van der Waals surface area contributed by atoms with Crippen molar-refractivity contribution in [2.75, 3.05) is 0 Å². The Labute approximate surface area is 135 Å². The molecule has 3 nitrogen and oxygen atoms in total. The number of rotatable bonds is 4. The molecule has 23 heavy (non-hydrogen) atoms. The van der Waals surface area contributed by atoms with Gasteiger partial charge in [0.15, 0.2) is 22.6 Å². The summed E-state index contributed by atoms with van der Waals surface area (Å²) in [6.45, 7) is 0. The minimum atomic E-state index is -0.881. The first-order valence-electron chi connectivity index (χ1n) is 6.78. The fraction of sp³-hybridized carbons (Fsp3) is 0.125. The van der Waals surface area contributed by atoms with E-state index >= 15 is 0 Å². The SMILES string of the molecule is Cn1c(SCc2cccc(F)c2F)nnc1-c1ccccc1F. The van der Waals surface area contributed by atoms with Gasteiger partial charge in [0, 0.05) is 18.4 Å². The third kappa shape index (κ3) is 3.10. The van der Waals surface area contributed by atoms with E-state index < -0.39 is 17.5 Å². The Balaban J connectivity index is 1.83. The summed E-state index contributed by atoms with van der Waals surface area (Å²) >= 11 is 1.20. The molecule has 0 spiro atoms. The molecule has 0 aliphatic carbocycles. The second-order valence-electron chi connectivity index (χ2n) is 4.85. The van der Waals surface area contributed by atoms with Crippen molar-refractivity contribution in [3.63, 3.8) is 0 Å². The maximum Gasteiger partial charge on any atom is 0.191 e. The minimum Gasteiger partial charge on any atom is -0.305 e. The molecular weight excluding hydrogens is 323 g/mol. The van der Waals surface area contributed by atoms with Crippen LogP contribution in [-0.2, 0) is 12.8 Å². The molecule has 0 bridgehead atoms. The summed E-state index contributed by atoms with van der Waals surface area (Å²) in [4.78, 5) is 0. The maximum absolute atomic E-state index is 13.8.